The molecule has 1 amide bonds. The van der Waals surface area contributed by atoms with Crippen molar-refractivity contribution in [2.75, 3.05) is 13.1 Å². The van der Waals surface area contributed by atoms with Crippen LogP contribution in [0.1, 0.15) is 33.2 Å². The molecular formula is C15H18N4O2S. The molecule has 1 aliphatic rings. The summed E-state index contributed by atoms with van der Waals surface area (Å²) in [7, 11) is 0. The number of likely N-dealkylation sites (tertiary alicyclic amines) is 1. The first-order chi connectivity index (χ1) is 10.6. The van der Waals surface area contributed by atoms with Gasteiger partial charge < -0.3 is 9.64 Å². The molecule has 0 radical (unpaired) electrons. The Morgan fingerprint density at radius 3 is 2.95 bits per heavy atom. The molecule has 0 aromatic carbocycles. The molecule has 6 nitrogen and oxygen atoms in total. The Morgan fingerprint density at radius 2 is 2.27 bits per heavy atom. The summed E-state index contributed by atoms with van der Waals surface area (Å²) in [6.07, 6.45) is 6.61. The molecule has 0 spiro atoms. The predicted octanol–water partition coefficient (Wildman–Crippen LogP) is 2.23. The predicted molar refractivity (Wildman–Crippen MR) is 83.2 cm³/mol. The number of thiazole rings is 1. The van der Waals surface area contributed by atoms with Crippen LogP contribution < -0.4 is 4.74 Å². The Bertz CT molecular complexity index is 659. The van der Waals surface area contributed by atoms with E-state index in [2.05, 4.69) is 15.0 Å². The fourth-order valence-corrected chi connectivity index (χ4v) is 3.50. The van der Waals surface area contributed by atoms with Crippen LogP contribution in [0.15, 0.2) is 18.6 Å². The number of hydrogen-bond donors (Lipinski definition) is 0. The van der Waals surface area contributed by atoms with Gasteiger partial charge in [-0.2, -0.15) is 0 Å². The van der Waals surface area contributed by atoms with Crippen molar-refractivity contribution in [2.24, 2.45) is 0 Å². The second-order valence-electron chi connectivity index (χ2n) is 5.32. The standard InChI is InChI=1S/C15H18N4O2S/c1-10-14(22-11(2)18-10)15(20)19-7-3-4-12(9-19)21-13-8-16-5-6-17-13/h5-6,8,12H,3-4,7,9H2,1-2H3/t12-/m1/s1. The molecule has 2 aromatic rings. The summed E-state index contributed by atoms with van der Waals surface area (Å²) < 4.78 is 5.83. The second kappa shape index (κ2) is 6.39. The van der Waals surface area contributed by atoms with Gasteiger partial charge in [0.2, 0.25) is 5.88 Å². The Kier molecular flexibility index (Phi) is 4.33. The van der Waals surface area contributed by atoms with Crippen LogP contribution in [0.2, 0.25) is 0 Å². The van der Waals surface area contributed by atoms with E-state index in [-0.39, 0.29) is 12.0 Å². The topological polar surface area (TPSA) is 68.2 Å². The molecule has 1 saturated heterocycles. The van der Waals surface area contributed by atoms with Gasteiger partial charge in [0.25, 0.3) is 5.91 Å². The van der Waals surface area contributed by atoms with Crippen molar-refractivity contribution < 1.29 is 9.53 Å². The lowest BCUT2D eigenvalue weighted by Crippen LogP contribution is -2.44. The van der Waals surface area contributed by atoms with Crippen LogP contribution in [-0.2, 0) is 0 Å². The summed E-state index contributed by atoms with van der Waals surface area (Å²) >= 11 is 1.46. The van der Waals surface area contributed by atoms with Crippen molar-refractivity contribution >= 4 is 17.2 Å². The molecule has 0 unspecified atom stereocenters. The Balaban J connectivity index is 1.68. The molecule has 1 atom stereocenters. The van der Waals surface area contributed by atoms with Gasteiger partial charge in [-0.1, -0.05) is 0 Å². The molecular weight excluding hydrogens is 300 g/mol. The number of piperidine rings is 1. The SMILES string of the molecule is Cc1nc(C)c(C(=O)N2CCC[C@@H](Oc3cnccn3)C2)s1. The minimum Gasteiger partial charge on any atom is -0.471 e. The van der Waals surface area contributed by atoms with Crippen molar-refractivity contribution in [2.45, 2.75) is 32.8 Å². The fraction of sp³-hybridized carbons (Fsp3) is 0.467. The lowest BCUT2D eigenvalue weighted by molar-refractivity contribution is 0.0530. The largest absolute Gasteiger partial charge is 0.471 e. The van der Waals surface area contributed by atoms with Gasteiger partial charge in [-0.3, -0.25) is 9.78 Å². The van der Waals surface area contributed by atoms with E-state index in [1.807, 2.05) is 18.7 Å². The maximum Gasteiger partial charge on any atom is 0.265 e. The molecule has 1 aliphatic heterocycles. The normalized spacial score (nSPS) is 18.3. The van der Waals surface area contributed by atoms with Crippen LogP contribution >= 0.6 is 11.3 Å². The first-order valence-electron chi connectivity index (χ1n) is 7.29. The van der Waals surface area contributed by atoms with Gasteiger partial charge >= 0.3 is 0 Å². The third-order valence-electron chi connectivity index (χ3n) is 3.59. The summed E-state index contributed by atoms with van der Waals surface area (Å²) in [4.78, 5) is 27.7. The Labute approximate surface area is 133 Å². The lowest BCUT2D eigenvalue weighted by atomic mass is 10.1. The second-order valence-corrected chi connectivity index (χ2v) is 6.53. The van der Waals surface area contributed by atoms with E-state index in [4.69, 9.17) is 4.74 Å². The van der Waals surface area contributed by atoms with Crippen LogP contribution in [0.5, 0.6) is 5.88 Å². The molecule has 7 heteroatoms. The summed E-state index contributed by atoms with van der Waals surface area (Å²) in [6.45, 7) is 5.14. The average molecular weight is 318 g/mol. The molecule has 116 valence electrons. The highest BCUT2D eigenvalue weighted by atomic mass is 32.1. The molecule has 1 fully saturated rings. The minimum atomic E-state index is -0.0382. The van der Waals surface area contributed by atoms with Gasteiger partial charge in [-0.05, 0) is 26.7 Å². The maximum absolute atomic E-state index is 12.6. The lowest BCUT2D eigenvalue weighted by Gasteiger charge is -2.32. The van der Waals surface area contributed by atoms with Crippen molar-refractivity contribution in [1.82, 2.24) is 19.9 Å². The zero-order valence-electron chi connectivity index (χ0n) is 12.7. The zero-order chi connectivity index (χ0) is 15.5. The molecule has 3 heterocycles. The van der Waals surface area contributed by atoms with Crippen molar-refractivity contribution in [3.05, 3.63) is 34.2 Å². The molecule has 0 aliphatic carbocycles. The summed E-state index contributed by atoms with van der Waals surface area (Å²) in [5.74, 6) is 0.558. The number of hydrogen-bond acceptors (Lipinski definition) is 6. The van der Waals surface area contributed by atoms with Gasteiger partial charge in [0.15, 0.2) is 0 Å². The van der Waals surface area contributed by atoms with E-state index in [0.29, 0.717) is 12.4 Å². The zero-order valence-corrected chi connectivity index (χ0v) is 13.5. The van der Waals surface area contributed by atoms with Crippen molar-refractivity contribution in [3.63, 3.8) is 0 Å². The van der Waals surface area contributed by atoms with Crippen LogP contribution in [0.25, 0.3) is 0 Å². The molecule has 0 bridgehead atoms. The Hall–Kier alpha value is -2.02. The average Bonchev–Trinajstić information content (AvgIpc) is 2.86. The maximum atomic E-state index is 12.6. The number of carbonyl (C=O) groups is 1. The molecule has 3 rings (SSSR count). The highest BCUT2D eigenvalue weighted by Gasteiger charge is 2.28. The number of carbonyl (C=O) groups excluding carboxylic acids is 1. The highest BCUT2D eigenvalue weighted by molar-refractivity contribution is 7.13. The van der Waals surface area contributed by atoms with E-state index in [0.717, 1.165) is 35.0 Å². The fourth-order valence-electron chi connectivity index (χ4n) is 2.61. The number of rotatable bonds is 3. The van der Waals surface area contributed by atoms with Gasteiger partial charge in [0.1, 0.15) is 11.0 Å². The number of aryl methyl sites for hydroxylation is 2. The third-order valence-corrected chi connectivity index (χ3v) is 4.65. The van der Waals surface area contributed by atoms with Crippen LogP contribution in [-0.4, -0.2) is 45.0 Å². The van der Waals surface area contributed by atoms with Gasteiger partial charge in [0, 0.05) is 18.9 Å². The summed E-state index contributed by atoms with van der Waals surface area (Å²) in [5.41, 5.74) is 0.810. The van der Waals surface area contributed by atoms with E-state index in [1.54, 1.807) is 18.6 Å². The minimum absolute atomic E-state index is 0.0382. The first-order valence-corrected chi connectivity index (χ1v) is 8.11. The molecule has 0 saturated carbocycles. The smallest absolute Gasteiger partial charge is 0.265 e. The van der Waals surface area contributed by atoms with E-state index >= 15 is 0 Å². The van der Waals surface area contributed by atoms with Gasteiger partial charge in [0.05, 0.1) is 23.4 Å². The summed E-state index contributed by atoms with van der Waals surface area (Å²) in [5, 5.41) is 0.921. The van der Waals surface area contributed by atoms with Crippen molar-refractivity contribution in [1.29, 1.82) is 0 Å². The van der Waals surface area contributed by atoms with Crippen LogP contribution in [0.3, 0.4) is 0 Å². The van der Waals surface area contributed by atoms with Crippen LogP contribution in [0.4, 0.5) is 0 Å². The number of ether oxygens (including phenoxy) is 1. The van der Waals surface area contributed by atoms with Crippen LogP contribution in [0, 0.1) is 13.8 Å². The molecule has 22 heavy (non-hydrogen) atoms. The van der Waals surface area contributed by atoms with E-state index < -0.39 is 0 Å². The third kappa shape index (κ3) is 3.24. The number of aromatic nitrogens is 3. The summed E-state index contributed by atoms with van der Waals surface area (Å²) in [6, 6.07) is 0. The number of amides is 1. The van der Waals surface area contributed by atoms with Crippen molar-refractivity contribution in [3.8, 4) is 5.88 Å². The van der Waals surface area contributed by atoms with Gasteiger partial charge in [-0.15, -0.1) is 11.3 Å². The van der Waals surface area contributed by atoms with Gasteiger partial charge in [-0.25, -0.2) is 9.97 Å². The Morgan fingerprint density at radius 1 is 1.41 bits per heavy atom. The highest BCUT2D eigenvalue weighted by Crippen LogP contribution is 2.22. The van der Waals surface area contributed by atoms with E-state index in [9.17, 15) is 4.79 Å². The number of nitrogens with zero attached hydrogens (tertiary/aromatic N) is 4. The molecule has 0 N–H and O–H groups in total. The molecule has 2 aromatic heterocycles. The van der Waals surface area contributed by atoms with E-state index in [1.165, 1.54) is 11.3 Å². The monoisotopic (exact) mass is 318 g/mol. The first kappa shape index (κ1) is 14.9. The quantitative estimate of drug-likeness (QED) is 0.868.